The number of hydrogen-bond acceptors (Lipinski definition) is 4. The number of carboxylic acids is 1. The molecule has 2 N–H and O–H groups in total. The maximum Gasteiger partial charge on any atom is 0.407 e. The number of hydrogen-bond donors (Lipinski definition) is 2. The van der Waals surface area contributed by atoms with Crippen molar-refractivity contribution in [3.8, 4) is 0 Å². The van der Waals surface area contributed by atoms with E-state index < -0.39 is 17.7 Å². The Balaban J connectivity index is 2.43. The lowest BCUT2D eigenvalue weighted by Crippen LogP contribution is -2.33. The minimum Gasteiger partial charge on any atom is -0.478 e. The molecule has 0 spiro atoms. The molecule has 1 amide bonds. The summed E-state index contributed by atoms with van der Waals surface area (Å²) < 4.78 is 5.08. The number of nitrogens with zero attached hydrogens (tertiary/aromatic N) is 1. The molecule has 0 atom stereocenters. The Morgan fingerprint density at radius 3 is 2.63 bits per heavy atom. The molecule has 0 fully saturated rings. The lowest BCUT2D eigenvalue weighted by Gasteiger charge is -2.19. The Labute approximate surface area is 111 Å². The molecule has 0 aliphatic rings. The van der Waals surface area contributed by atoms with Gasteiger partial charge in [0.05, 0.1) is 5.56 Å². The second-order valence-electron chi connectivity index (χ2n) is 5.07. The van der Waals surface area contributed by atoms with Crippen LogP contribution in [0.15, 0.2) is 18.5 Å². The quantitative estimate of drug-likeness (QED) is 0.868. The van der Waals surface area contributed by atoms with Gasteiger partial charge in [-0.25, -0.2) is 9.59 Å². The fraction of sp³-hybridized carbons (Fsp3) is 0.462. The van der Waals surface area contributed by atoms with Crippen molar-refractivity contribution in [2.24, 2.45) is 0 Å². The van der Waals surface area contributed by atoms with Crippen LogP contribution in [-0.4, -0.2) is 34.3 Å². The summed E-state index contributed by atoms with van der Waals surface area (Å²) in [4.78, 5) is 26.0. The standard InChI is InChI=1S/C13H18N2O4/c1-13(2,3)19-12(18)15-5-4-9-6-10(11(16)17)8-14-7-9/h6-8H,4-5H2,1-3H3,(H,15,18)(H,16,17). The van der Waals surface area contributed by atoms with E-state index in [0.717, 1.165) is 5.56 Å². The van der Waals surface area contributed by atoms with E-state index in [-0.39, 0.29) is 5.56 Å². The van der Waals surface area contributed by atoms with Gasteiger partial charge < -0.3 is 15.2 Å². The topological polar surface area (TPSA) is 88.5 Å². The van der Waals surface area contributed by atoms with Gasteiger partial charge in [0.2, 0.25) is 0 Å². The minimum atomic E-state index is -1.02. The number of carbonyl (C=O) groups is 2. The molecule has 0 bridgehead atoms. The van der Waals surface area contributed by atoms with E-state index in [2.05, 4.69) is 10.3 Å². The van der Waals surface area contributed by atoms with Gasteiger partial charge in [0.25, 0.3) is 0 Å². The number of carboxylic acid groups (broad SMARTS) is 1. The Morgan fingerprint density at radius 1 is 1.37 bits per heavy atom. The third kappa shape index (κ3) is 5.85. The summed E-state index contributed by atoms with van der Waals surface area (Å²) in [7, 11) is 0. The van der Waals surface area contributed by atoms with E-state index in [9.17, 15) is 9.59 Å². The highest BCUT2D eigenvalue weighted by atomic mass is 16.6. The predicted molar refractivity (Wildman–Crippen MR) is 69.1 cm³/mol. The predicted octanol–water partition coefficient (Wildman–Crippen LogP) is 1.85. The summed E-state index contributed by atoms with van der Waals surface area (Å²) in [6.45, 7) is 5.71. The van der Waals surface area contributed by atoms with Gasteiger partial charge in [-0.1, -0.05) is 0 Å². The Bertz CT molecular complexity index is 466. The van der Waals surface area contributed by atoms with E-state index in [4.69, 9.17) is 9.84 Å². The van der Waals surface area contributed by atoms with Crippen molar-refractivity contribution in [3.05, 3.63) is 29.6 Å². The molecular weight excluding hydrogens is 248 g/mol. The number of amides is 1. The Morgan fingerprint density at radius 2 is 2.05 bits per heavy atom. The lowest BCUT2D eigenvalue weighted by atomic mass is 10.1. The first-order valence-electron chi connectivity index (χ1n) is 5.92. The van der Waals surface area contributed by atoms with Crippen molar-refractivity contribution in [1.29, 1.82) is 0 Å². The SMILES string of the molecule is CC(C)(C)OC(=O)NCCc1cncc(C(=O)O)c1. The van der Waals surface area contributed by atoms with Crippen molar-refractivity contribution in [3.63, 3.8) is 0 Å². The molecule has 6 heteroatoms. The van der Waals surface area contributed by atoms with E-state index in [1.165, 1.54) is 12.3 Å². The molecule has 1 aromatic rings. The first-order valence-corrected chi connectivity index (χ1v) is 5.92. The largest absolute Gasteiger partial charge is 0.478 e. The monoisotopic (exact) mass is 266 g/mol. The summed E-state index contributed by atoms with van der Waals surface area (Å²) >= 11 is 0. The zero-order chi connectivity index (χ0) is 14.5. The number of ether oxygens (including phenoxy) is 1. The molecule has 0 aliphatic heterocycles. The van der Waals surface area contributed by atoms with Crippen LogP contribution in [0.4, 0.5) is 4.79 Å². The molecular formula is C13H18N2O4. The van der Waals surface area contributed by atoms with E-state index >= 15 is 0 Å². The van der Waals surface area contributed by atoms with Crippen molar-refractivity contribution >= 4 is 12.1 Å². The van der Waals surface area contributed by atoms with Crippen LogP contribution in [0.1, 0.15) is 36.7 Å². The van der Waals surface area contributed by atoms with Crippen LogP contribution < -0.4 is 5.32 Å². The van der Waals surface area contributed by atoms with Crippen LogP contribution in [-0.2, 0) is 11.2 Å². The number of nitrogens with one attached hydrogen (secondary N) is 1. The molecule has 1 aromatic heterocycles. The van der Waals surface area contributed by atoms with Crippen LogP contribution in [0.2, 0.25) is 0 Å². The highest BCUT2D eigenvalue weighted by Gasteiger charge is 2.15. The van der Waals surface area contributed by atoms with E-state index in [1.54, 1.807) is 27.0 Å². The summed E-state index contributed by atoms with van der Waals surface area (Å²) in [5, 5.41) is 11.4. The average Bonchev–Trinajstić information content (AvgIpc) is 2.27. The zero-order valence-corrected chi connectivity index (χ0v) is 11.3. The summed E-state index contributed by atoms with van der Waals surface area (Å²) in [6, 6.07) is 1.53. The van der Waals surface area contributed by atoms with Gasteiger partial charge in [0.1, 0.15) is 5.60 Å². The molecule has 0 unspecified atom stereocenters. The molecule has 0 saturated carbocycles. The second-order valence-corrected chi connectivity index (χ2v) is 5.07. The van der Waals surface area contributed by atoms with Gasteiger partial charge in [-0.05, 0) is 38.8 Å². The maximum absolute atomic E-state index is 11.4. The van der Waals surface area contributed by atoms with E-state index in [1.807, 2.05) is 0 Å². The maximum atomic E-state index is 11.4. The first-order chi connectivity index (χ1) is 8.78. The molecule has 1 rings (SSSR count). The normalized spacial score (nSPS) is 10.9. The molecule has 0 aromatic carbocycles. The van der Waals surface area contributed by atoms with Gasteiger partial charge in [-0.2, -0.15) is 0 Å². The first kappa shape index (κ1) is 14.9. The molecule has 6 nitrogen and oxygen atoms in total. The number of aromatic carboxylic acids is 1. The number of carbonyl (C=O) groups excluding carboxylic acids is 1. The van der Waals surface area contributed by atoms with Gasteiger partial charge in [0.15, 0.2) is 0 Å². The fourth-order valence-electron chi connectivity index (χ4n) is 1.36. The Kier molecular flexibility index (Phi) is 4.86. The molecule has 0 aliphatic carbocycles. The fourth-order valence-corrected chi connectivity index (χ4v) is 1.36. The van der Waals surface area contributed by atoms with Crippen LogP contribution in [0.25, 0.3) is 0 Å². The summed E-state index contributed by atoms with van der Waals surface area (Å²) in [5.74, 6) is -1.02. The highest BCUT2D eigenvalue weighted by Crippen LogP contribution is 2.07. The van der Waals surface area contributed by atoms with Crippen LogP contribution in [0.3, 0.4) is 0 Å². The van der Waals surface area contributed by atoms with Crippen molar-refractivity contribution in [2.45, 2.75) is 32.8 Å². The lowest BCUT2D eigenvalue weighted by molar-refractivity contribution is 0.0527. The third-order valence-corrected chi connectivity index (χ3v) is 2.12. The van der Waals surface area contributed by atoms with Crippen LogP contribution in [0.5, 0.6) is 0 Å². The van der Waals surface area contributed by atoms with E-state index in [0.29, 0.717) is 13.0 Å². The molecule has 0 radical (unpaired) electrons. The van der Waals surface area contributed by atoms with Gasteiger partial charge >= 0.3 is 12.1 Å². The van der Waals surface area contributed by atoms with Crippen molar-refractivity contribution < 1.29 is 19.4 Å². The highest BCUT2D eigenvalue weighted by molar-refractivity contribution is 5.87. The summed E-state index contributed by atoms with van der Waals surface area (Å²) in [6.07, 6.45) is 2.86. The summed E-state index contributed by atoms with van der Waals surface area (Å²) in [5.41, 5.74) is 0.347. The molecule has 0 saturated heterocycles. The minimum absolute atomic E-state index is 0.134. The Hall–Kier alpha value is -2.11. The second kappa shape index (κ2) is 6.17. The zero-order valence-electron chi connectivity index (χ0n) is 11.3. The molecule has 1 heterocycles. The van der Waals surface area contributed by atoms with Gasteiger partial charge in [0, 0.05) is 18.9 Å². The van der Waals surface area contributed by atoms with Gasteiger partial charge in [-0.3, -0.25) is 4.98 Å². The van der Waals surface area contributed by atoms with Gasteiger partial charge in [-0.15, -0.1) is 0 Å². The number of rotatable bonds is 4. The third-order valence-electron chi connectivity index (χ3n) is 2.12. The van der Waals surface area contributed by atoms with Crippen LogP contribution in [0, 0.1) is 0 Å². The number of aromatic nitrogens is 1. The molecule has 104 valence electrons. The average molecular weight is 266 g/mol. The molecule has 19 heavy (non-hydrogen) atoms. The smallest absolute Gasteiger partial charge is 0.407 e. The van der Waals surface area contributed by atoms with Crippen molar-refractivity contribution in [1.82, 2.24) is 10.3 Å². The number of pyridine rings is 1. The van der Waals surface area contributed by atoms with Crippen LogP contribution >= 0.6 is 0 Å². The number of alkyl carbamates (subject to hydrolysis) is 1. The van der Waals surface area contributed by atoms with Crippen molar-refractivity contribution in [2.75, 3.05) is 6.54 Å².